The molecule has 1 aromatic heterocycles. The fraction of sp³-hybridized carbons (Fsp3) is 0.286. The first kappa shape index (κ1) is 16.7. The molecule has 0 radical (unpaired) electrons. The van der Waals surface area contributed by atoms with Gasteiger partial charge in [0.25, 0.3) is 0 Å². The van der Waals surface area contributed by atoms with Crippen molar-refractivity contribution in [2.75, 3.05) is 14.2 Å². The van der Waals surface area contributed by atoms with Gasteiger partial charge in [0, 0.05) is 13.1 Å². The number of benzene rings is 1. The van der Waals surface area contributed by atoms with Crippen LogP contribution in [0.3, 0.4) is 0 Å². The number of aromatic nitrogens is 2. The molecule has 1 N–H and O–H groups in total. The van der Waals surface area contributed by atoms with Gasteiger partial charge in [-0.3, -0.25) is 0 Å². The molecule has 0 atom stereocenters. The Morgan fingerprint density at radius 1 is 1.30 bits per heavy atom. The molecule has 9 heteroatoms. The highest BCUT2D eigenvalue weighted by Crippen LogP contribution is 2.31. The molecule has 23 heavy (non-hydrogen) atoms. The number of nitrogens with one attached hydrogen (secondary N) is 1. The van der Waals surface area contributed by atoms with Crippen molar-refractivity contribution in [3.05, 3.63) is 41.6 Å². The predicted octanol–water partition coefficient (Wildman–Crippen LogP) is 2.68. The van der Waals surface area contributed by atoms with Gasteiger partial charge in [0.2, 0.25) is 5.88 Å². The van der Waals surface area contributed by atoms with E-state index in [9.17, 15) is 18.0 Å². The molecule has 0 aliphatic heterocycles. The number of methoxy groups -OCH3 is 1. The van der Waals surface area contributed by atoms with E-state index in [0.29, 0.717) is 17.4 Å². The summed E-state index contributed by atoms with van der Waals surface area (Å²) >= 11 is 0. The smallest absolute Gasteiger partial charge is 0.435 e. The quantitative estimate of drug-likeness (QED) is 0.937. The summed E-state index contributed by atoms with van der Waals surface area (Å²) in [6.07, 6.45) is -5.51. The monoisotopic (exact) mass is 329 g/mol. The first-order valence-corrected chi connectivity index (χ1v) is 6.51. The van der Waals surface area contributed by atoms with Gasteiger partial charge in [-0.2, -0.15) is 18.3 Å². The van der Waals surface area contributed by atoms with Gasteiger partial charge in [0.1, 0.15) is 5.75 Å². The van der Waals surface area contributed by atoms with Gasteiger partial charge in [0.05, 0.1) is 13.7 Å². The molecule has 6 nitrogen and oxygen atoms in total. The standard InChI is InChI=1S/C14H14F3N3O3/c1-18-13(21)23-12-7-11(14(15,16)17)19-20(12)8-9-3-5-10(22-2)6-4-9/h3-7H,8H2,1-2H3,(H,18,21). The second-order valence-corrected chi connectivity index (χ2v) is 4.51. The van der Waals surface area contributed by atoms with Crippen LogP contribution >= 0.6 is 0 Å². The number of hydrogen-bond donors (Lipinski definition) is 1. The number of hydrogen-bond acceptors (Lipinski definition) is 4. The Hall–Kier alpha value is -2.71. The molecule has 2 rings (SSSR count). The molecule has 0 saturated carbocycles. The number of amides is 1. The van der Waals surface area contributed by atoms with Crippen molar-refractivity contribution in [1.82, 2.24) is 15.1 Å². The zero-order chi connectivity index (χ0) is 17.0. The Bertz CT molecular complexity index is 681. The van der Waals surface area contributed by atoms with Crippen molar-refractivity contribution in [3.8, 4) is 11.6 Å². The van der Waals surface area contributed by atoms with Gasteiger partial charge in [-0.1, -0.05) is 12.1 Å². The third-order valence-corrected chi connectivity index (χ3v) is 2.93. The fourth-order valence-electron chi connectivity index (χ4n) is 1.78. The van der Waals surface area contributed by atoms with Gasteiger partial charge in [-0.05, 0) is 17.7 Å². The first-order valence-electron chi connectivity index (χ1n) is 6.51. The predicted molar refractivity (Wildman–Crippen MR) is 74.4 cm³/mol. The van der Waals surface area contributed by atoms with Crippen LogP contribution in [0, 0.1) is 0 Å². The van der Waals surface area contributed by atoms with Gasteiger partial charge in [-0.25, -0.2) is 9.48 Å². The number of halogens is 3. The minimum absolute atomic E-state index is 0.00635. The molecular weight excluding hydrogens is 315 g/mol. The highest BCUT2D eigenvalue weighted by molar-refractivity contribution is 5.69. The zero-order valence-corrected chi connectivity index (χ0v) is 12.3. The summed E-state index contributed by atoms with van der Waals surface area (Å²) in [5, 5.41) is 5.63. The third kappa shape index (κ3) is 4.15. The maximum Gasteiger partial charge on any atom is 0.435 e. The minimum Gasteiger partial charge on any atom is -0.497 e. The molecule has 0 unspecified atom stereocenters. The Morgan fingerprint density at radius 2 is 1.96 bits per heavy atom. The number of carbonyl (C=O) groups excluding carboxylic acids is 1. The van der Waals surface area contributed by atoms with E-state index in [4.69, 9.17) is 9.47 Å². The largest absolute Gasteiger partial charge is 0.497 e. The molecule has 2 aromatic rings. The van der Waals surface area contributed by atoms with Crippen molar-refractivity contribution in [2.45, 2.75) is 12.7 Å². The molecule has 0 bridgehead atoms. The number of alkyl halides is 3. The molecular formula is C14H14F3N3O3. The maximum atomic E-state index is 12.8. The Balaban J connectivity index is 2.30. The lowest BCUT2D eigenvalue weighted by Crippen LogP contribution is -2.23. The van der Waals surface area contributed by atoms with Crippen LogP contribution in [0.4, 0.5) is 18.0 Å². The highest BCUT2D eigenvalue weighted by Gasteiger charge is 2.35. The fourth-order valence-corrected chi connectivity index (χ4v) is 1.78. The third-order valence-electron chi connectivity index (χ3n) is 2.93. The number of nitrogens with zero attached hydrogens (tertiary/aromatic N) is 2. The lowest BCUT2D eigenvalue weighted by molar-refractivity contribution is -0.141. The molecule has 1 amide bonds. The molecule has 124 valence electrons. The van der Waals surface area contributed by atoms with E-state index in [2.05, 4.69) is 10.4 Å². The zero-order valence-electron chi connectivity index (χ0n) is 12.3. The van der Waals surface area contributed by atoms with Crippen LogP contribution in [-0.4, -0.2) is 30.0 Å². The lowest BCUT2D eigenvalue weighted by Gasteiger charge is -2.08. The van der Waals surface area contributed by atoms with Crippen molar-refractivity contribution in [1.29, 1.82) is 0 Å². The van der Waals surface area contributed by atoms with E-state index in [0.717, 1.165) is 4.68 Å². The number of rotatable bonds is 4. The van der Waals surface area contributed by atoms with Crippen LogP contribution < -0.4 is 14.8 Å². The second-order valence-electron chi connectivity index (χ2n) is 4.51. The summed E-state index contributed by atoms with van der Waals surface area (Å²) in [5.41, 5.74) is -0.464. The highest BCUT2D eigenvalue weighted by atomic mass is 19.4. The maximum absolute atomic E-state index is 12.8. The van der Waals surface area contributed by atoms with E-state index < -0.39 is 18.0 Å². The SMILES string of the molecule is CNC(=O)Oc1cc(C(F)(F)F)nn1Cc1ccc(OC)cc1. The average Bonchev–Trinajstić information content (AvgIpc) is 2.91. The molecule has 0 aliphatic carbocycles. The summed E-state index contributed by atoms with van der Waals surface area (Å²) in [5.74, 6) is 0.319. The van der Waals surface area contributed by atoms with E-state index in [1.807, 2.05) is 0 Å². The van der Waals surface area contributed by atoms with Crippen LogP contribution in [-0.2, 0) is 12.7 Å². The van der Waals surface area contributed by atoms with Crippen molar-refractivity contribution in [2.24, 2.45) is 0 Å². The molecule has 0 aliphatic rings. The lowest BCUT2D eigenvalue weighted by atomic mass is 10.2. The molecule has 1 aromatic carbocycles. The van der Waals surface area contributed by atoms with E-state index in [1.54, 1.807) is 24.3 Å². The van der Waals surface area contributed by atoms with Gasteiger partial charge < -0.3 is 14.8 Å². The van der Waals surface area contributed by atoms with Crippen LogP contribution in [0.1, 0.15) is 11.3 Å². The van der Waals surface area contributed by atoms with Crippen molar-refractivity contribution >= 4 is 6.09 Å². The molecule has 0 spiro atoms. The summed E-state index contributed by atoms with van der Waals surface area (Å²) in [6, 6.07) is 7.37. The molecule has 0 saturated heterocycles. The number of ether oxygens (including phenoxy) is 2. The van der Waals surface area contributed by atoms with Crippen molar-refractivity contribution < 1.29 is 27.4 Å². The van der Waals surface area contributed by atoms with Gasteiger partial charge >= 0.3 is 12.3 Å². The minimum atomic E-state index is -4.63. The van der Waals surface area contributed by atoms with E-state index >= 15 is 0 Å². The Kier molecular flexibility index (Phi) is 4.77. The number of carbonyl (C=O) groups is 1. The van der Waals surface area contributed by atoms with Crippen LogP contribution in [0.2, 0.25) is 0 Å². The van der Waals surface area contributed by atoms with Gasteiger partial charge in [-0.15, -0.1) is 0 Å². The second kappa shape index (κ2) is 6.59. The van der Waals surface area contributed by atoms with E-state index in [1.165, 1.54) is 14.2 Å². The van der Waals surface area contributed by atoms with Crippen LogP contribution in [0.5, 0.6) is 11.6 Å². The van der Waals surface area contributed by atoms with Crippen molar-refractivity contribution in [3.63, 3.8) is 0 Å². The molecule has 1 heterocycles. The van der Waals surface area contributed by atoms with E-state index in [-0.39, 0.29) is 12.4 Å². The van der Waals surface area contributed by atoms with Crippen LogP contribution in [0.25, 0.3) is 0 Å². The van der Waals surface area contributed by atoms with Gasteiger partial charge in [0.15, 0.2) is 5.69 Å². The summed E-state index contributed by atoms with van der Waals surface area (Å²) in [7, 11) is 2.81. The average molecular weight is 329 g/mol. The summed E-state index contributed by atoms with van der Waals surface area (Å²) in [4.78, 5) is 11.3. The first-order chi connectivity index (χ1) is 10.8. The normalized spacial score (nSPS) is 11.2. The Morgan fingerprint density at radius 3 is 2.48 bits per heavy atom. The van der Waals surface area contributed by atoms with Crippen LogP contribution in [0.15, 0.2) is 30.3 Å². The summed E-state index contributed by atoms with van der Waals surface area (Å²) < 4.78 is 49.2. The Labute approximate surface area is 129 Å². The summed E-state index contributed by atoms with van der Waals surface area (Å²) in [6.45, 7) is 0.00635. The topological polar surface area (TPSA) is 65.4 Å². The molecule has 0 fully saturated rings.